The van der Waals surface area contributed by atoms with Gasteiger partial charge in [-0.1, -0.05) is 17.3 Å². The average molecular weight is 434 g/mol. The third-order valence-electron chi connectivity index (χ3n) is 3.81. The molecule has 8 nitrogen and oxygen atoms in total. The third-order valence-corrected chi connectivity index (χ3v) is 6.72. The number of hydrogen-bond donors (Lipinski definition) is 2. The van der Waals surface area contributed by atoms with Gasteiger partial charge in [0, 0.05) is 11.8 Å². The van der Waals surface area contributed by atoms with E-state index < -0.39 is 10.0 Å². The van der Waals surface area contributed by atoms with Gasteiger partial charge in [0.1, 0.15) is 21.3 Å². The third kappa shape index (κ3) is 4.84. The quantitative estimate of drug-likeness (QED) is 0.583. The first kappa shape index (κ1) is 20.6. The standard InChI is InChI=1S/C19H19N3O5S2/c1-12-19(20-13(2)23)17(27-21-12)10-8-14-9-11-18(28-14)29(24,25)22-15-6-4-5-7-16(15)26-3/h4-11,22H,1-3H3,(H,20,23). The Morgan fingerprint density at radius 2 is 1.97 bits per heavy atom. The second kappa shape index (κ2) is 8.50. The van der Waals surface area contributed by atoms with Crippen LogP contribution >= 0.6 is 11.3 Å². The molecule has 152 valence electrons. The van der Waals surface area contributed by atoms with Crippen LogP contribution in [0.1, 0.15) is 23.3 Å². The molecule has 0 aliphatic heterocycles. The molecule has 0 unspecified atom stereocenters. The Morgan fingerprint density at radius 3 is 2.69 bits per heavy atom. The molecule has 2 N–H and O–H groups in total. The number of aromatic nitrogens is 1. The number of ether oxygens (including phenoxy) is 1. The summed E-state index contributed by atoms with van der Waals surface area (Å²) in [5.41, 5.74) is 1.39. The van der Waals surface area contributed by atoms with Crippen LogP contribution in [-0.4, -0.2) is 26.6 Å². The predicted octanol–water partition coefficient (Wildman–Crippen LogP) is 3.98. The molecule has 0 aliphatic rings. The molecular weight excluding hydrogens is 414 g/mol. The number of rotatable bonds is 7. The summed E-state index contributed by atoms with van der Waals surface area (Å²) >= 11 is 1.09. The SMILES string of the molecule is COc1ccccc1NS(=O)(=O)c1ccc(C=Cc2onc(C)c2NC(C)=O)s1. The summed E-state index contributed by atoms with van der Waals surface area (Å²) < 4.78 is 38.4. The fourth-order valence-electron chi connectivity index (χ4n) is 2.48. The van der Waals surface area contributed by atoms with E-state index in [1.807, 2.05) is 0 Å². The van der Waals surface area contributed by atoms with Crippen LogP contribution in [0.3, 0.4) is 0 Å². The number of nitrogens with zero attached hydrogens (tertiary/aromatic N) is 1. The molecule has 3 aromatic rings. The highest BCUT2D eigenvalue weighted by Gasteiger charge is 2.18. The van der Waals surface area contributed by atoms with Gasteiger partial charge in [-0.2, -0.15) is 0 Å². The van der Waals surface area contributed by atoms with Crippen molar-refractivity contribution in [2.45, 2.75) is 18.1 Å². The number of anilines is 2. The van der Waals surface area contributed by atoms with Crippen LogP contribution in [0.15, 0.2) is 45.1 Å². The number of amides is 1. The van der Waals surface area contributed by atoms with Crippen molar-refractivity contribution < 1.29 is 22.5 Å². The van der Waals surface area contributed by atoms with E-state index in [4.69, 9.17) is 9.26 Å². The van der Waals surface area contributed by atoms with Gasteiger partial charge >= 0.3 is 0 Å². The minimum Gasteiger partial charge on any atom is -0.495 e. The number of para-hydroxylation sites is 2. The van der Waals surface area contributed by atoms with E-state index in [9.17, 15) is 13.2 Å². The number of benzene rings is 1. The van der Waals surface area contributed by atoms with E-state index >= 15 is 0 Å². The summed E-state index contributed by atoms with van der Waals surface area (Å²) in [7, 11) is -2.29. The smallest absolute Gasteiger partial charge is 0.271 e. The van der Waals surface area contributed by atoms with Crippen molar-refractivity contribution in [1.82, 2.24) is 5.16 Å². The number of carbonyl (C=O) groups is 1. The van der Waals surface area contributed by atoms with Crippen molar-refractivity contribution >= 4 is 50.8 Å². The minimum atomic E-state index is -3.77. The van der Waals surface area contributed by atoms with Gasteiger partial charge in [0.05, 0.1) is 12.8 Å². The van der Waals surface area contributed by atoms with Crippen LogP contribution in [0.4, 0.5) is 11.4 Å². The molecular formula is C19H19N3O5S2. The van der Waals surface area contributed by atoms with Crippen molar-refractivity contribution in [1.29, 1.82) is 0 Å². The number of aryl methyl sites for hydroxylation is 1. The van der Waals surface area contributed by atoms with Crippen molar-refractivity contribution in [2.75, 3.05) is 17.1 Å². The summed E-state index contributed by atoms with van der Waals surface area (Å²) in [6, 6.07) is 9.97. The lowest BCUT2D eigenvalue weighted by atomic mass is 10.2. The molecule has 10 heteroatoms. The molecule has 0 saturated heterocycles. The molecule has 0 aliphatic carbocycles. The molecule has 0 spiro atoms. The number of carbonyl (C=O) groups excluding carboxylic acids is 1. The van der Waals surface area contributed by atoms with Gasteiger partial charge in [-0.25, -0.2) is 8.42 Å². The highest BCUT2D eigenvalue weighted by atomic mass is 32.2. The molecule has 0 radical (unpaired) electrons. The van der Waals surface area contributed by atoms with E-state index in [2.05, 4.69) is 15.2 Å². The summed E-state index contributed by atoms with van der Waals surface area (Å²) in [5.74, 6) is 0.569. The maximum Gasteiger partial charge on any atom is 0.271 e. The van der Waals surface area contributed by atoms with Crippen molar-refractivity contribution in [2.24, 2.45) is 0 Å². The van der Waals surface area contributed by atoms with E-state index in [1.165, 1.54) is 20.1 Å². The molecule has 2 heterocycles. The monoisotopic (exact) mass is 433 g/mol. The lowest BCUT2D eigenvalue weighted by Crippen LogP contribution is -2.12. The largest absolute Gasteiger partial charge is 0.495 e. The van der Waals surface area contributed by atoms with E-state index in [-0.39, 0.29) is 10.1 Å². The zero-order valence-corrected chi connectivity index (χ0v) is 17.6. The lowest BCUT2D eigenvalue weighted by Gasteiger charge is -2.10. The number of methoxy groups -OCH3 is 1. The Kier molecular flexibility index (Phi) is 6.04. The zero-order valence-electron chi connectivity index (χ0n) is 15.9. The van der Waals surface area contributed by atoms with E-state index in [0.717, 1.165) is 11.3 Å². The van der Waals surface area contributed by atoms with E-state index in [1.54, 1.807) is 49.4 Å². The van der Waals surface area contributed by atoms with Crippen LogP contribution in [0.2, 0.25) is 0 Å². The summed E-state index contributed by atoms with van der Waals surface area (Å²) in [6.07, 6.45) is 3.32. The molecule has 0 saturated carbocycles. The first-order valence-corrected chi connectivity index (χ1v) is 10.8. The number of nitrogens with one attached hydrogen (secondary N) is 2. The first-order chi connectivity index (χ1) is 13.8. The highest BCUT2D eigenvalue weighted by Crippen LogP contribution is 2.30. The molecule has 3 rings (SSSR count). The van der Waals surface area contributed by atoms with Crippen molar-refractivity contribution in [3.05, 3.63) is 52.7 Å². The first-order valence-electron chi connectivity index (χ1n) is 8.48. The van der Waals surface area contributed by atoms with Gasteiger partial charge in [0.2, 0.25) is 5.91 Å². The van der Waals surface area contributed by atoms with Gasteiger partial charge in [0.15, 0.2) is 5.76 Å². The molecule has 29 heavy (non-hydrogen) atoms. The fourth-order valence-corrected chi connectivity index (χ4v) is 4.78. The van der Waals surface area contributed by atoms with Crippen LogP contribution in [-0.2, 0) is 14.8 Å². The fraction of sp³-hybridized carbons (Fsp3) is 0.158. The maximum absolute atomic E-state index is 12.7. The normalized spacial score (nSPS) is 11.6. The average Bonchev–Trinajstić information content (AvgIpc) is 3.28. The van der Waals surface area contributed by atoms with E-state index in [0.29, 0.717) is 33.5 Å². The second-order valence-corrected chi connectivity index (χ2v) is 9.01. The van der Waals surface area contributed by atoms with Gasteiger partial charge in [-0.05, 0) is 43.3 Å². The van der Waals surface area contributed by atoms with Crippen LogP contribution in [0.5, 0.6) is 5.75 Å². The zero-order chi connectivity index (χ0) is 21.0. The highest BCUT2D eigenvalue weighted by molar-refractivity contribution is 7.94. The molecule has 0 atom stereocenters. The van der Waals surface area contributed by atoms with Crippen molar-refractivity contribution in [3.8, 4) is 5.75 Å². The van der Waals surface area contributed by atoms with Gasteiger partial charge in [-0.3, -0.25) is 9.52 Å². The van der Waals surface area contributed by atoms with Gasteiger partial charge < -0.3 is 14.6 Å². The minimum absolute atomic E-state index is 0.152. The Balaban J connectivity index is 1.80. The lowest BCUT2D eigenvalue weighted by molar-refractivity contribution is -0.114. The molecule has 0 fully saturated rings. The van der Waals surface area contributed by atoms with Crippen LogP contribution < -0.4 is 14.8 Å². The van der Waals surface area contributed by atoms with Gasteiger partial charge in [0.25, 0.3) is 10.0 Å². The number of sulfonamides is 1. The van der Waals surface area contributed by atoms with Crippen LogP contribution in [0, 0.1) is 6.92 Å². The predicted molar refractivity (Wildman–Crippen MR) is 113 cm³/mol. The van der Waals surface area contributed by atoms with Crippen LogP contribution in [0.25, 0.3) is 12.2 Å². The Hall–Kier alpha value is -3.11. The summed E-state index contributed by atoms with van der Waals surface area (Å²) in [4.78, 5) is 12.0. The second-order valence-electron chi connectivity index (χ2n) is 5.98. The van der Waals surface area contributed by atoms with Crippen molar-refractivity contribution in [3.63, 3.8) is 0 Å². The molecule has 2 aromatic heterocycles. The Bertz CT molecular complexity index is 1160. The summed E-state index contributed by atoms with van der Waals surface area (Å²) in [6.45, 7) is 3.11. The molecule has 1 amide bonds. The Morgan fingerprint density at radius 1 is 1.21 bits per heavy atom. The number of thiophene rings is 1. The summed E-state index contributed by atoms with van der Waals surface area (Å²) in [5, 5.41) is 6.50. The topological polar surface area (TPSA) is 111 Å². The Labute approximate surface area is 172 Å². The van der Waals surface area contributed by atoms with Gasteiger partial charge in [-0.15, -0.1) is 11.3 Å². The number of hydrogen-bond acceptors (Lipinski definition) is 7. The maximum atomic E-state index is 12.7. The molecule has 0 bridgehead atoms. The molecule has 1 aromatic carbocycles.